The van der Waals surface area contributed by atoms with Crippen LogP contribution in [0, 0.1) is 16.0 Å². The summed E-state index contributed by atoms with van der Waals surface area (Å²) in [5.74, 6) is 0.571. The quantitative estimate of drug-likeness (QED) is 0.365. The van der Waals surface area contributed by atoms with Gasteiger partial charge in [0.25, 0.3) is 5.69 Å². The molecule has 0 radical (unpaired) electrons. The van der Waals surface area contributed by atoms with E-state index in [9.17, 15) is 10.1 Å². The van der Waals surface area contributed by atoms with Gasteiger partial charge in [0.1, 0.15) is 5.60 Å². The minimum Gasteiger partial charge on any atom is -0.368 e. The van der Waals surface area contributed by atoms with Crippen LogP contribution in [0.2, 0.25) is 0 Å². The Balaban J connectivity index is 1.66. The van der Waals surface area contributed by atoms with Gasteiger partial charge in [-0.25, -0.2) is 0 Å². The second-order valence-electron chi connectivity index (χ2n) is 6.36. The van der Waals surface area contributed by atoms with Crippen LogP contribution in [0.25, 0.3) is 0 Å². The molecule has 1 saturated heterocycles. The molecule has 1 aromatic rings. The molecule has 1 aliphatic heterocycles. The zero-order valence-electron chi connectivity index (χ0n) is 11.5. The number of hydrogen-bond acceptors (Lipinski definition) is 4. The van der Waals surface area contributed by atoms with Gasteiger partial charge >= 0.3 is 0 Å². The lowest BCUT2D eigenvalue weighted by Crippen LogP contribution is -2.56. The summed E-state index contributed by atoms with van der Waals surface area (Å²) in [4.78, 5) is 11.6. The van der Waals surface area contributed by atoms with E-state index in [1.165, 1.54) is 6.07 Å². The molecule has 4 nitrogen and oxygen atoms in total. The number of nitro benzene ring substituents is 1. The number of halogens is 1. The van der Waals surface area contributed by atoms with Gasteiger partial charge in [0, 0.05) is 22.4 Å². The first-order valence-corrected chi connectivity index (χ1v) is 8.50. The van der Waals surface area contributed by atoms with Crippen LogP contribution in [0.1, 0.15) is 25.7 Å². The third-order valence-corrected chi connectivity index (χ3v) is 7.35. The van der Waals surface area contributed by atoms with E-state index in [0.717, 1.165) is 37.2 Å². The lowest BCUT2D eigenvalue weighted by Gasteiger charge is -2.52. The van der Waals surface area contributed by atoms with E-state index in [1.54, 1.807) is 23.9 Å². The minimum absolute atomic E-state index is 0.0105. The average Bonchev–Trinajstić information content (AvgIpc) is 3.22. The SMILES string of the molecule is O=[N+]([O-])c1cccc(SC23CCC(CC24CO4)C(Cl)C3)c1. The van der Waals surface area contributed by atoms with Crippen molar-refractivity contribution < 1.29 is 9.66 Å². The van der Waals surface area contributed by atoms with Crippen molar-refractivity contribution in [1.82, 2.24) is 0 Å². The van der Waals surface area contributed by atoms with Gasteiger partial charge in [-0.05, 0) is 37.7 Å². The highest BCUT2D eigenvalue weighted by Gasteiger charge is 2.68. The third kappa shape index (κ3) is 2.09. The maximum absolute atomic E-state index is 10.9. The van der Waals surface area contributed by atoms with Crippen LogP contribution in [0.4, 0.5) is 5.69 Å². The molecule has 4 aliphatic rings. The number of ether oxygens (including phenoxy) is 1. The molecule has 1 aromatic carbocycles. The summed E-state index contributed by atoms with van der Waals surface area (Å²) in [5.41, 5.74) is 0.116. The van der Waals surface area contributed by atoms with E-state index in [2.05, 4.69) is 0 Å². The number of hydrogen-bond donors (Lipinski definition) is 0. The molecular formula is C15H16ClNO3S. The predicted molar refractivity (Wildman–Crippen MR) is 82.0 cm³/mol. The van der Waals surface area contributed by atoms with Gasteiger partial charge in [-0.3, -0.25) is 10.1 Å². The summed E-state index contributed by atoms with van der Waals surface area (Å²) in [5, 5.41) is 11.2. The molecule has 2 bridgehead atoms. The van der Waals surface area contributed by atoms with E-state index in [-0.39, 0.29) is 26.3 Å². The van der Waals surface area contributed by atoms with Gasteiger partial charge in [-0.2, -0.15) is 0 Å². The number of alkyl halides is 1. The topological polar surface area (TPSA) is 55.7 Å². The Morgan fingerprint density at radius 2 is 2.24 bits per heavy atom. The van der Waals surface area contributed by atoms with E-state index in [4.69, 9.17) is 16.3 Å². The Bertz CT molecular complexity index is 606. The number of nitrogens with zero attached hydrogens (tertiary/aromatic N) is 1. The van der Waals surface area contributed by atoms with Crippen LogP contribution in [0.5, 0.6) is 0 Å². The summed E-state index contributed by atoms with van der Waals surface area (Å²) in [7, 11) is 0. The van der Waals surface area contributed by atoms with Crippen molar-refractivity contribution in [3.63, 3.8) is 0 Å². The van der Waals surface area contributed by atoms with Gasteiger partial charge in [0.15, 0.2) is 0 Å². The molecular weight excluding hydrogens is 310 g/mol. The molecule has 0 N–H and O–H groups in total. The molecule has 21 heavy (non-hydrogen) atoms. The number of thioether (sulfide) groups is 1. The van der Waals surface area contributed by atoms with Crippen LogP contribution in [-0.2, 0) is 4.74 Å². The van der Waals surface area contributed by atoms with Crippen LogP contribution in [0.15, 0.2) is 29.2 Å². The van der Waals surface area contributed by atoms with Gasteiger partial charge in [-0.1, -0.05) is 6.07 Å². The van der Waals surface area contributed by atoms with Crippen LogP contribution in [-0.4, -0.2) is 27.3 Å². The zero-order chi connectivity index (χ0) is 14.7. The normalized spacial score (nSPS) is 40.4. The molecule has 4 fully saturated rings. The second kappa shape index (κ2) is 4.61. The molecule has 0 amide bonds. The summed E-state index contributed by atoms with van der Waals surface area (Å²) in [6.45, 7) is 0.815. The van der Waals surface area contributed by atoms with Crippen molar-refractivity contribution in [1.29, 1.82) is 0 Å². The maximum atomic E-state index is 10.9. The van der Waals surface area contributed by atoms with Crippen LogP contribution >= 0.6 is 23.4 Å². The van der Waals surface area contributed by atoms with Crippen molar-refractivity contribution in [2.75, 3.05) is 6.61 Å². The molecule has 4 atom stereocenters. The first-order valence-electron chi connectivity index (χ1n) is 7.25. The lowest BCUT2D eigenvalue weighted by molar-refractivity contribution is -0.385. The van der Waals surface area contributed by atoms with E-state index >= 15 is 0 Å². The Kier molecular flexibility index (Phi) is 3.04. The van der Waals surface area contributed by atoms with Gasteiger partial charge in [-0.15, -0.1) is 23.4 Å². The highest BCUT2D eigenvalue weighted by atomic mass is 35.5. The van der Waals surface area contributed by atoms with Crippen molar-refractivity contribution >= 4 is 29.1 Å². The Hall–Kier alpha value is -0.780. The highest BCUT2D eigenvalue weighted by molar-refractivity contribution is 8.00. The summed E-state index contributed by atoms with van der Waals surface area (Å²) in [6, 6.07) is 6.91. The molecule has 4 unspecified atom stereocenters. The Morgan fingerprint density at radius 1 is 1.43 bits per heavy atom. The first kappa shape index (κ1) is 13.9. The average molecular weight is 326 g/mol. The number of rotatable bonds is 3. The molecule has 3 saturated carbocycles. The fourth-order valence-electron chi connectivity index (χ4n) is 3.98. The number of benzene rings is 1. The lowest BCUT2D eigenvalue weighted by atomic mass is 9.63. The van der Waals surface area contributed by atoms with Crippen molar-refractivity contribution in [3.05, 3.63) is 34.4 Å². The first-order chi connectivity index (χ1) is 10.0. The second-order valence-corrected chi connectivity index (χ2v) is 8.37. The van der Waals surface area contributed by atoms with Gasteiger partial charge in [0.2, 0.25) is 0 Å². The molecule has 5 rings (SSSR count). The zero-order valence-corrected chi connectivity index (χ0v) is 13.0. The Labute approximate surface area is 132 Å². The Morgan fingerprint density at radius 3 is 2.90 bits per heavy atom. The molecule has 112 valence electrons. The van der Waals surface area contributed by atoms with Gasteiger partial charge in [0.05, 0.1) is 16.3 Å². The van der Waals surface area contributed by atoms with Crippen LogP contribution in [0.3, 0.4) is 0 Å². The summed E-state index contributed by atoms with van der Waals surface area (Å²) >= 11 is 8.27. The van der Waals surface area contributed by atoms with E-state index < -0.39 is 0 Å². The maximum Gasteiger partial charge on any atom is 0.270 e. The fraction of sp³-hybridized carbons (Fsp3) is 0.600. The number of fused-ring (bicyclic) bond motifs is 2. The van der Waals surface area contributed by atoms with Crippen molar-refractivity contribution in [2.24, 2.45) is 5.92 Å². The van der Waals surface area contributed by atoms with Crippen molar-refractivity contribution in [3.8, 4) is 0 Å². The highest BCUT2D eigenvalue weighted by Crippen LogP contribution is 2.65. The molecule has 1 heterocycles. The largest absolute Gasteiger partial charge is 0.368 e. The molecule has 0 aromatic heterocycles. The van der Waals surface area contributed by atoms with E-state index in [1.807, 2.05) is 6.07 Å². The summed E-state index contributed by atoms with van der Waals surface area (Å²) < 4.78 is 5.85. The standard InChI is InChI=1S/C15H16ClNO3S/c16-13-8-15(5-4-10(13)7-14(15)9-20-14)21-12-3-1-2-11(6-12)17(18)19/h1-3,6,10,13H,4-5,7-9H2. The third-order valence-electron chi connectivity index (χ3n) is 5.21. The number of epoxide rings is 1. The smallest absolute Gasteiger partial charge is 0.270 e. The van der Waals surface area contributed by atoms with Crippen LogP contribution < -0.4 is 0 Å². The monoisotopic (exact) mass is 325 g/mol. The molecule has 6 heteroatoms. The number of non-ortho nitro benzene ring substituents is 1. The number of nitro groups is 1. The molecule has 1 spiro atoms. The summed E-state index contributed by atoms with van der Waals surface area (Å²) in [6.07, 6.45) is 4.21. The fourth-order valence-corrected chi connectivity index (χ4v) is 6.19. The predicted octanol–water partition coefficient (Wildman–Crippen LogP) is 4.01. The molecule has 3 aliphatic carbocycles. The van der Waals surface area contributed by atoms with E-state index in [0.29, 0.717) is 5.92 Å². The minimum atomic E-state index is -0.340. The van der Waals surface area contributed by atoms with Crippen molar-refractivity contribution in [2.45, 2.75) is 46.3 Å². The van der Waals surface area contributed by atoms with Gasteiger partial charge < -0.3 is 4.74 Å².